The summed E-state index contributed by atoms with van der Waals surface area (Å²) in [5.41, 5.74) is 13.6. The number of fused-ring (bicyclic) bond motifs is 10. The topological polar surface area (TPSA) is 57.1 Å². The number of para-hydroxylation sites is 2. The number of hydrogen-bond donors (Lipinski definition) is 1. The van der Waals surface area contributed by atoms with E-state index >= 15 is 0 Å². The van der Waals surface area contributed by atoms with Crippen LogP contribution in [0.4, 0.5) is 11.4 Å². The Hall–Kier alpha value is -6.07. The molecular weight excluding hydrogens is 564 g/mol. The number of benzene rings is 5. The monoisotopic (exact) mass is 591 g/mol. The number of furan rings is 1. The maximum Gasteiger partial charge on any atom is 0.161 e. The summed E-state index contributed by atoms with van der Waals surface area (Å²) in [6, 6.07) is 44.5. The highest BCUT2D eigenvalue weighted by molar-refractivity contribution is 6.10. The van der Waals surface area contributed by atoms with E-state index in [9.17, 15) is 0 Å². The lowest BCUT2D eigenvalue weighted by molar-refractivity contribution is 0.627. The standard InChI is InChI=1S/C41H27N4O/c1-2-9-26(10-3-1)36-35-39-41(46-40(35)30-12-4-6-14-33(30)44-36)31-13-5-7-15-34(31)45(39)29-21-18-25(19-22-29)32-23-20-28-17-16-27-11-8-24-42-37(27)38(28)43-32/h1-23,36,42H,24H2/q-1. The van der Waals surface area contributed by atoms with Crippen LogP contribution in [0.5, 0.6) is 0 Å². The van der Waals surface area contributed by atoms with Crippen LogP contribution in [0.2, 0.25) is 0 Å². The van der Waals surface area contributed by atoms with E-state index in [0.29, 0.717) is 0 Å². The quantitative estimate of drug-likeness (QED) is 0.222. The van der Waals surface area contributed by atoms with Gasteiger partial charge >= 0.3 is 0 Å². The summed E-state index contributed by atoms with van der Waals surface area (Å²) in [6.45, 7) is 0.813. The van der Waals surface area contributed by atoms with Crippen molar-refractivity contribution in [2.75, 3.05) is 11.9 Å². The van der Waals surface area contributed by atoms with E-state index in [1.165, 1.54) is 5.56 Å². The molecule has 0 bridgehead atoms. The van der Waals surface area contributed by atoms with Crippen molar-refractivity contribution in [2.24, 2.45) is 0 Å². The zero-order valence-corrected chi connectivity index (χ0v) is 24.8. The smallest absolute Gasteiger partial charge is 0.161 e. The first kappa shape index (κ1) is 25.3. The largest absolute Gasteiger partial charge is 0.674 e. The fourth-order valence-corrected chi connectivity index (χ4v) is 7.22. The van der Waals surface area contributed by atoms with Crippen LogP contribution in [0.25, 0.3) is 72.6 Å². The Balaban J connectivity index is 1.17. The van der Waals surface area contributed by atoms with E-state index in [1.807, 2.05) is 6.07 Å². The zero-order valence-electron chi connectivity index (χ0n) is 24.8. The van der Waals surface area contributed by atoms with Gasteiger partial charge in [0.2, 0.25) is 0 Å². The molecule has 1 atom stereocenters. The first-order valence-corrected chi connectivity index (χ1v) is 15.7. The van der Waals surface area contributed by atoms with Crippen molar-refractivity contribution in [3.63, 3.8) is 0 Å². The first-order chi connectivity index (χ1) is 22.8. The third-order valence-electron chi connectivity index (χ3n) is 9.35. The average molecular weight is 592 g/mol. The predicted octanol–water partition coefficient (Wildman–Crippen LogP) is 10.8. The van der Waals surface area contributed by atoms with Crippen molar-refractivity contribution in [3.8, 4) is 28.3 Å². The van der Waals surface area contributed by atoms with Crippen LogP contribution in [0, 0.1) is 0 Å². The van der Waals surface area contributed by atoms with E-state index in [0.717, 1.165) is 90.2 Å². The van der Waals surface area contributed by atoms with E-state index in [1.54, 1.807) is 0 Å². The SMILES string of the molecule is C1=Cc2ccc3ccc(-c4ccc(-n5c6ccccc6c6oc7c(c65)C(c5ccccc5)[N-]c5ccccc5-7)cc4)nc3c2NC1. The molecule has 2 aliphatic heterocycles. The van der Waals surface area contributed by atoms with Gasteiger partial charge in [0, 0.05) is 39.7 Å². The number of pyridine rings is 1. The molecule has 0 fully saturated rings. The Labute approximate surface area is 265 Å². The second kappa shape index (κ2) is 9.71. The van der Waals surface area contributed by atoms with Crippen LogP contribution >= 0.6 is 0 Å². The minimum Gasteiger partial charge on any atom is -0.674 e. The molecule has 0 saturated carbocycles. The molecule has 0 radical (unpaired) electrons. The Morgan fingerprint density at radius 3 is 2.50 bits per heavy atom. The van der Waals surface area contributed by atoms with E-state index < -0.39 is 0 Å². The Morgan fingerprint density at radius 2 is 1.59 bits per heavy atom. The second-order valence-corrected chi connectivity index (χ2v) is 12.0. The molecule has 1 N–H and O–H groups in total. The Kier molecular flexibility index (Phi) is 5.34. The van der Waals surface area contributed by atoms with Crippen LogP contribution in [0.3, 0.4) is 0 Å². The van der Waals surface area contributed by atoms with Gasteiger partial charge in [0.1, 0.15) is 5.76 Å². The summed E-state index contributed by atoms with van der Waals surface area (Å²) in [7, 11) is 0. The highest BCUT2D eigenvalue weighted by Crippen LogP contribution is 2.55. The molecule has 0 saturated heterocycles. The molecule has 10 rings (SSSR count). The highest BCUT2D eigenvalue weighted by atomic mass is 16.3. The van der Waals surface area contributed by atoms with Crippen molar-refractivity contribution in [3.05, 3.63) is 155 Å². The molecule has 0 spiro atoms. The fraction of sp³-hybridized carbons (Fsp3) is 0.0488. The molecule has 5 aromatic carbocycles. The summed E-state index contributed by atoms with van der Waals surface area (Å²) in [5, 5.41) is 11.0. The molecule has 0 amide bonds. The van der Waals surface area contributed by atoms with Crippen molar-refractivity contribution >= 4 is 50.4 Å². The summed E-state index contributed by atoms with van der Waals surface area (Å²) in [4.78, 5) is 5.13. The maximum atomic E-state index is 6.86. The molecule has 218 valence electrons. The summed E-state index contributed by atoms with van der Waals surface area (Å²) < 4.78 is 9.21. The lowest BCUT2D eigenvalue weighted by Gasteiger charge is -2.39. The molecular formula is C41H27N4O-. The summed E-state index contributed by atoms with van der Waals surface area (Å²) >= 11 is 0. The lowest BCUT2D eigenvalue weighted by atomic mass is 9.91. The Bertz CT molecular complexity index is 2500. The summed E-state index contributed by atoms with van der Waals surface area (Å²) in [5.74, 6) is 0.896. The van der Waals surface area contributed by atoms with Crippen LogP contribution in [0.15, 0.2) is 138 Å². The fourth-order valence-electron chi connectivity index (χ4n) is 7.22. The van der Waals surface area contributed by atoms with Crippen molar-refractivity contribution in [1.29, 1.82) is 0 Å². The normalized spacial score (nSPS) is 14.9. The van der Waals surface area contributed by atoms with Gasteiger partial charge < -0.3 is 19.6 Å². The molecule has 5 heteroatoms. The molecule has 8 aromatic rings. The number of anilines is 1. The van der Waals surface area contributed by atoms with Gasteiger partial charge in [0.05, 0.1) is 27.9 Å². The lowest BCUT2D eigenvalue weighted by Crippen LogP contribution is -2.06. The molecule has 5 nitrogen and oxygen atoms in total. The van der Waals surface area contributed by atoms with Gasteiger partial charge in [0.25, 0.3) is 0 Å². The van der Waals surface area contributed by atoms with Gasteiger partial charge in [-0.1, -0.05) is 121 Å². The molecule has 1 unspecified atom stereocenters. The molecule has 0 aliphatic carbocycles. The average Bonchev–Trinajstić information content (AvgIpc) is 3.67. The Morgan fingerprint density at radius 1 is 0.783 bits per heavy atom. The van der Waals surface area contributed by atoms with Crippen LogP contribution in [0.1, 0.15) is 22.7 Å². The molecule has 5 heterocycles. The van der Waals surface area contributed by atoms with E-state index in [4.69, 9.17) is 14.7 Å². The van der Waals surface area contributed by atoms with Crippen molar-refractivity contribution < 1.29 is 4.42 Å². The number of hydrogen-bond acceptors (Lipinski definition) is 3. The van der Waals surface area contributed by atoms with Crippen LogP contribution in [-0.2, 0) is 0 Å². The zero-order chi connectivity index (χ0) is 30.2. The summed E-state index contributed by atoms with van der Waals surface area (Å²) in [6.07, 6.45) is 4.31. The van der Waals surface area contributed by atoms with Gasteiger partial charge in [-0.3, -0.25) is 0 Å². The number of nitrogens with one attached hydrogen (secondary N) is 1. The number of nitrogens with zero attached hydrogens (tertiary/aromatic N) is 3. The number of rotatable bonds is 3. The van der Waals surface area contributed by atoms with Crippen LogP contribution < -0.4 is 5.32 Å². The van der Waals surface area contributed by atoms with E-state index in [-0.39, 0.29) is 6.04 Å². The van der Waals surface area contributed by atoms with Gasteiger partial charge in [-0.2, -0.15) is 0 Å². The third-order valence-corrected chi connectivity index (χ3v) is 9.35. The molecule has 46 heavy (non-hydrogen) atoms. The predicted molar refractivity (Wildman–Crippen MR) is 188 cm³/mol. The third kappa shape index (κ3) is 3.66. The minimum absolute atomic E-state index is 0.189. The molecule has 3 aromatic heterocycles. The maximum absolute atomic E-state index is 6.86. The number of aromatic nitrogens is 2. The highest BCUT2D eigenvalue weighted by Gasteiger charge is 2.29. The van der Waals surface area contributed by atoms with Gasteiger partial charge in [-0.05, 0) is 35.9 Å². The molecule has 2 aliphatic rings. The first-order valence-electron chi connectivity index (χ1n) is 15.7. The minimum atomic E-state index is -0.189. The van der Waals surface area contributed by atoms with Crippen molar-refractivity contribution in [1.82, 2.24) is 9.55 Å². The van der Waals surface area contributed by atoms with E-state index in [2.05, 4.69) is 143 Å². The van der Waals surface area contributed by atoms with Crippen LogP contribution in [-0.4, -0.2) is 16.1 Å². The second-order valence-electron chi connectivity index (χ2n) is 12.0. The van der Waals surface area contributed by atoms with Gasteiger partial charge in [-0.25, -0.2) is 4.98 Å². The van der Waals surface area contributed by atoms with Gasteiger partial charge in [-0.15, -0.1) is 5.69 Å². The van der Waals surface area contributed by atoms with Gasteiger partial charge in [0.15, 0.2) is 5.58 Å². The van der Waals surface area contributed by atoms with Crippen molar-refractivity contribution in [2.45, 2.75) is 6.04 Å².